The number of aryl methyl sites for hydroxylation is 1. The second-order valence-electron chi connectivity index (χ2n) is 8.94. The number of carbonyl (C=O) groups excluding carboxylic acids is 1. The first-order valence-electron chi connectivity index (χ1n) is 11.0. The van der Waals surface area contributed by atoms with Gasteiger partial charge in [0.1, 0.15) is 0 Å². The second-order valence-corrected chi connectivity index (χ2v) is 8.94. The summed E-state index contributed by atoms with van der Waals surface area (Å²) in [5, 5.41) is 12.7. The van der Waals surface area contributed by atoms with Gasteiger partial charge in [-0.15, -0.1) is 0 Å². The Morgan fingerprint density at radius 2 is 2.03 bits per heavy atom. The van der Waals surface area contributed by atoms with Crippen molar-refractivity contribution in [2.75, 3.05) is 11.9 Å². The molecule has 1 saturated carbocycles. The van der Waals surface area contributed by atoms with Crippen molar-refractivity contribution < 1.29 is 4.79 Å². The smallest absolute Gasteiger partial charge is 0.248 e. The highest BCUT2D eigenvalue weighted by Crippen LogP contribution is 2.43. The maximum atomic E-state index is 11.9. The van der Waals surface area contributed by atoms with Crippen LogP contribution in [0, 0.1) is 5.92 Å². The number of amides is 1. The Hall–Kier alpha value is -3.68. The van der Waals surface area contributed by atoms with E-state index in [1.54, 1.807) is 4.68 Å². The van der Waals surface area contributed by atoms with E-state index in [1.165, 1.54) is 0 Å². The first-order valence-corrected chi connectivity index (χ1v) is 11.0. The summed E-state index contributed by atoms with van der Waals surface area (Å²) < 4.78 is 3.64. The Labute approximate surface area is 186 Å². The number of aromatic nitrogens is 5. The van der Waals surface area contributed by atoms with Crippen LogP contribution in [0.5, 0.6) is 0 Å². The molecule has 4 aromatic rings. The van der Waals surface area contributed by atoms with E-state index in [0.717, 1.165) is 58.8 Å². The molecule has 0 atom stereocenters. The number of imidazole rings is 1. The number of anilines is 1. The van der Waals surface area contributed by atoms with E-state index < -0.39 is 0 Å². The number of hydrogen-bond donors (Lipinski definition) is 2. The summed E-state index contributed by atoms with van der Waals surface area (Å²) in [5.74, 6) is 0.509. The summed E-state index contributed by atoms with van der Waals surface area (Å²) in [5.41, 5.74) is 12.5. The van der Waals surface area contributed by atoms with Crippen LogP contribution in [-0.4, -0.2) is 36.8 Å². The number of fused-ring (bicyclic) bond motifs is 1. The highest BCUT2D eigenvalue weighted by atomic mass is 16.1. The first kappa shape index (κ1) is 20.2. The van der Waals surface area contributed by atoms with Gasteiger partial charge < -0.3 is 11.1 Å². The van der Waals surface area contributed by atoms with Crippen molar-refractivity contribution >= 4 is 17.2 Å². The van der Waals surface area contributed by atoms with Crippen LogP contribution >= 0.6 is 0 Å². The molecule has 3 heterocycles. The maximum absolute atomic E-state index is 11.9. The minimum absolute atomic E-state index is 0.381. The zero-order valence-corrected chi connectivity index (χ0v) is 18.5. The number of carbonyl (C=O) groups is 1. The van der Waals surface area contributed by atoms with Crippen LogP contribution in [0.1, 0.15) is 48.5 Å². The molecule has 0 aliphatic heterocycles. The van der Waals surface area contributed by atoms with Gasteiger partial charge in [-0.3, -0.25) is 9.48 Å². The Kier molecular flexibility index (Phi) is 4.92. The lowest BCUT2D eigenvalue weighted by Gasteiger charge is -2.13. The predicted molar refractivity (Wildman–Crippen MR) is 124 cm³/mol. The lowest BCUT2D eigenvalue weighted by molar-refractivity contribution is 0.0999. The van der Waals surface area contributed by atoms with Crippen molar-refractivity contribution in [1.82, 2.24) is 24.4 Å². The lowest BCUT2D eigenvalue weighted by Crippen LogP contribution is -2.13. The van der Waals surface area contributed by atoms with Crippen LogP contribution in [0.25, 0.3) is 28.2 Å². The van der Waals surface area contributed by atoms with Crippen LogP contribution in [0.15, 0.2) is 42.9 Å². The fraction of sp³-hybridized carbons (Fsp3) is 0.333. The van der Waals surface area contributed by atoms with Crippen LogP contribution in [-0.2, 0) is 7.05 Å². The van der Waals surface area contributed by atoms with Gasteiger partial charge in [0.2, 0.25) is 5.91 Å². The molecule has 8 heteroatoms. The van der Waals surface area contributed by atoms with Crippen molar-refractivity contribution in [3.05, 3.63) is 54.0 Å². The molecule has 0 radical (unpaired) electrons. The van der Waals surface area contributed by atoms with Crippen LogP contribution in [0.4, 0.5) is 5.69 Å². The average Bonchev–Trinajstić information content (AvgIpc) is 3.38. The minimum Gasteiger partial charge on any atom is -0.382 e. The van der Waals surface area contributed by atoms with Crippen LogP contribution in [0.3, 0.4) is 0 Å². The number of nitrogens with one attached hydrogen (secondary N) is 1. The van der Waals surface area contributed by atoms with Gasteiger partial charge >= 0.3 is 0 Å². The summed E-state index contributed by atoms with van der Waals surface area (Å²) >= 11 is 0. The number of hydrogen-bond acceptors (Lipinski definition) is 5. The summed E-state index contributed by atoms with van der Waals surface area (Å²) in [6, 6.07) is 7.85. The van der Waals surface area contributed by atoms with Gasteiger partial charge in [0.15, 0.2) is 5.65 Å². The van der Waals surface area contributed by atoms with Gasteiger partial charge in [0.05, 0.1) is 29.5 Å². The summed E-state index contributed by atoms with van der Waals surface area (Å²) in [4.78, 5) is 16.6. The van der Waals surface area contributed by atoms with E-state index in [0.29, 0.717) is 17.4 Å². The zero-order valence-electron chi connectivity index (χ0n) is 18.5. The maximum Gasteiger partial charge on any atom is 0.248 e. The van der Waals surface area contributed by atoms with Gasteiger partial charge in [0, 0.05) is 36.5 Å². The zero-order chi connectivity index (χ0) is 22.4. The summed E-state index contributed by atoms with van der Waals surface area (Å²) in [7, 11) is 1.89. The Bertz CT molecular complexity index is 1310. The molecule has 0 spiro atoms. The van der Waals surface area contributed by atoms with Crippen molar-refractivity contribution in [3.8, 4) is 22.5 Å². The minimum atomic E-state index is -0.381. The average molecular weight is 430 g/mol. The highest BCUT2D eigenvalue weighted by molar-refractivity contribution is 5.95. The third-order valence-corrected chi connectivity index (χ3v) is 5.80. The lowest BCUT2D eigenvalue weighted by atomic mass is 9.98. The first-order chi connectivity index (χ1) is 15.4. The molecule has 3 aromatic heterocycles. The van der Waals surface area contributed by atoms with Gasteiger partial charge in [-0.1, -0.05) is 19.9 Å². The molecule has 0 unspecified atom stereocenters. The van der Waals surface area contributed by atoms with E-state index in [9.17, 15) is 4.79 Å². The largest absolute Gasteiger partial charge is 0.382 e. The molecular weight excluding hydrogens is 402 g/mol. The predicted octanol–water partition coefficient (Wildman–Crippen LogP) is 3.84. The molecule has 1 fully saturated rings. The van der Waals surface area contributed by atoms with Crippen molar-refractivity contribution in [2.45, 2.75) is 32.6 Å². The molecule has 5 rings (SSSR count). The third-order valence-electron chi connectivity index (χ3n) is 5.80. The summed E-state index contributed by atoms with van der Waals surface area (Å²) in [6.45, 7) is 5.17. The fourth-order valence-corrected chi connectivity index (χ4v) is 3.98. The second kappa shape index (κ2) is 7.78. The molecule has 0 bridgehead atoms. The number of benzene rings is 1. The van der Waals surface area contributed by atoms with Gasteiger partial charge in [-0.05, 0) is 48.4 Å². The molecule has 3 N–H and O–H groups in total. The number of nitrogens with zero attached hydrogens (tertiary/aromatic N) is 5. The monoisotopic (exact) mass is 429 g/mol. The number of nitrogens with two attached hydrogens (primary N) is 1. The van der Waals surface area contributed by atoms with Crippen LogP contribution in [0.2, 0.25) is 0 Å². The summed E-state index contributed by atoms with van der Waals surface area (Å²) in [6.07, 6.45) is 7.77. The van der Waals surface area contributed by atoms with E-state index in [-0.39, 0.29) is 5.91 Å². The molecule has 1 aromatic carbocycles. The molecule has 1 aliphatic rings. The Balaban J connectivity index is 1.66. The normalized spacial score (nSPS) is 13.8. The van der Waals surface area contributed by atoms with Crippen molar-refractivity contribution in [1.29, 1.82) is 0 Å². The molecular formula is C24H27N7O. The molecule has 164 valence electrons. The third kappa shape index (κ3) is 3.72. The highest BCUT2D eigenvalue weighted by Gasteiger charge is 2.28. The van der Waals surface area contributed by atoms with Crippen molar-refractivity contribution in [2.24, 2.45) is 18.7 Å². The SMILES string of the molecule is CC(C)CNc1cc(-c2cnn(C)c2)nn2c(-c3ccc(C(N)=O)c(C4CC4)c3)cnc12. The molecule has 1 amide bonds. The quantitative estimate of drug-likeness (QED) is 0.465. The van der Waals surface area contributed by atoms with Gasteiger partial charge in [0.25, 0.3) is 0 Å². The topological polar surface area (TPSA) is 103 Å². The van der Waals surface area contributed by atoms with Crippen molar-refractivity contribution in [3.63, 3.8) is 0 Å². The molecule has 32 heavy (non-hydrogen) atoms. The van der Waals surface area contributed by atoms with Gasteiger partial charge in [-0.2, -0.15) is 10.2 Å². The standard InChI is InChI=1S/C24H27N7O/c1-14(2)10-26-21-9-20(17-11-28-30(3)13-17)29-31-22(12-27-24(21)31)16-6-7-18(23(25)32)19(8-16)15-4-5-15/h6-9,11-15,26H,4-5,10H2,1-3H3,(H2,25,32). The van der Waals surface area contributed by atoms with E-state index in [2.05, 4.69) is 35.3 Å². The fourth-order valence-electron chi connectivity index (χ4n) is 3.98. The number of primary amides is 1. The van der Waals surface area contributed by atoms with E-state index in [4.69, 9.17) is 10.8 Å². The molecule has 0 saturated heterocycles. The van der Waals surface area contributed by atoms with E-state index in [1.807, 2.05) is 48.4 Å². The molecule has 1 aliphatic carbocycles. The van der Waals surface area contributed by atoms with E-state index >= 15 is 0 Å². The Morgan fingerprint density at radius 1 is 1.22 bits per heavy atom. The van der Waals surface area contributed by atoms with Crippen LogP contribution < -0.4 is 11.1 Å². The Morgan fingerprint density at radius 3 is 2.69 bits per heavy atom. The number of rotatable bonds is 7. The molecule has 8 nitrogen and oxygen atoms in total. The van der Waals surface area contributed by atoms with Gasteiger partial charge in [-0.25, -0.2) is 9.50 Å².